The van der Waals surface area contributed by atoms with E-state index in [0.717, 1.165) is 10.2 Å². The van der Waals surface area contributed by atoms with Crippen molar-refractivity contribution in [3.05, 3.63) is 64.1 Å². The molecular weight excluding hydrogens is 328 g/mol. The SMILES string of the molecule is Cc1ccc([C@H](C)NCC(=O)Nc2cccc(Br)c2)cc1. The molecule has 2 rings (SSSR count). The molecule has 0 bridgehead atoms. The Hall–Kier alpha value is -1.65. The summed E-state index contributed by atoms with van der Waals surface area (Å²) in [5, 5.41) is 6.10. The zero-order valence-electron chi connectivity index (χ0n) is 12.2. The van der Waals surface area contributed by atoms with Crippen LogP contribution in [0.5, 0.6) is 0 Å². The molecule has 0 radical (unpaired) electrons. The highest BCUT2D eigenvalue weighted by Crippen LogP contribution is 2.16. The number of halogens is 1. The van der Waals surface area contributed by atoms with Crippen molar-refractivity contribution in [1.29, 1.82) is 0 Å². The Balaban J connectivity index is 1.84. The van der Waals surface area contributed by atoms with E-state index >= 15 is 0 Å². The van der Waals surface area contributed by atoms with Crippen LogP contribution in [0.25, 0.3) is 0 Å². The number of hydrogen-bond acceptors (Lipinski definition) is 2. The maximum Gasteiger partial charge on any atom is 0.238 e. The van der Waals surface area contributed by atoms with E-state index in [1.54, 1.807) is 0 Å². The molecule has 0 spiro atoms. The highest BCUT2D eigenvalue weighted by Gasteiger charge is 2.08. The summed E-state index contributed by atoms with van der Waals surface area (Å²) in [4.78, 5) is 11.9. The summed E-state index contributed by atoms with van der Waals surface area (Å²) >= 11 is 3.38. The van der Waals surface area contributed by atoms with E-state index in [4.69, 9.17) is 0 Å². The molecule has 1 atom stereocenters. The first-order chi connectivity index (χ1) is 10.0. The molecule has 0 aliphatic rings. The summed E-state index contributed by atoms with van der Waals surface area (Å²) in [5.41, 5.74) is 3.20. The van der Waals surface area contributed by atoms with Gasteiger partial charge in [0.05, 0.1) is 6.54 Å². The van der Waals surface area contributed by atoms with Crippen molar-refractivity contribution in [2.45, 2.75) is 19.9 Å². The number of carbonyl (C=O) groups is 1. The van der Waals surface area contributed by atoms with Crippen LogP contribution in [0, 0.1) is 6.92 Å². The molecule has 0 aliphatic carbocycles. The molecule has 0 saturated heterocycles. The maximum absolute atomic E-state index is 11.9. The minimum absolute atomic E-state index is 0.0490. The summed E-state index contributed by atoms with van der Waals surface area (Å²) in [6, 6.07) is 16.0. The Morgan fingerprint density at radius 1 is 1.19 bits per heavy atom. The van der Waals surface area contributed by atoms with E-state index in [1.807, 2.05) is 24.3 Å². The van der Waals surface area contributed by atoms with Crippen LogP contribution in [0.15, 0.2) is 53.0 Å². The van der Waals surface area contributed by atoms with Gasteiger partial charge in [-0.3, -0.25) is 4.79 Å². The molecule has 0 heterocycles. The van der Waals surface area contributed by atoms with E-state index in [2.05, 4.69) is 64.7 Å². The van der Waals surface area contributed by atoms with E-state index in [0.29, 0.717) is 0 Å². The number of anilines is 1. The Morgan fingerprint density at radius 2 is 1.90 bits per heavy atom. The van der Waals surface area contributed by atoms with Crippen molar-refractivity contribution in [3.8, 4) is 0 Å². The highest BCUT2D eigenvalue weighted by molar-refractivity contribution is 9.10. The van der Waals surface area contributed by atoms with Crippen LogP contribution in [-0.4, -0.2) is 12.5 Å². The molecule has 2 N–H and O–H groups in total. The Kier molecular flexibility index (Phi) is 5.53. The van der Waals surface area contributed by atoms with Crippen molar-refractivity contribution >= 4 is 27.5 Å². The lowest BCUT2D eigenvalue weighted by Gasteiger charge is -2.14. The van der Waals surface area contributed by atoms with Crippen molar-refractivity contribution in [2.75, 3.05) is 11.9 Å². The lowest BCUT2D eigenvalue weighted by Crippen LogP contribution is -2.30. The molecule has 1 amide bonds. The summed E-state index contributed by atoms with van der Waals surface area (Å²) in [6.45, 7) is 4.39. The molecule has 0 aromatic heterocycles. The second-order valence-corrected chi connectivity index (χ2v) is 5.99. The first-order valence-electron chi connectivity index (χ1n) is 6.90. The highest BCUT2D eigenvalue weighted by atomic mass is 79.9. The van der Waals surface area contributed by atoms with Gasteiger partial charge in [-0.05, 0) is 37.6 Å². The first-order valence-corrected chi connectivity index (χ1v) is 7.69. The number of benzene rings is 2. The summed E-state index contributed by atoms with van der Waals surface area (Å²) in [6.07, 6.45) is 0. The van der Waals surface area contributed by atoms with Crippen molar-refractivity contribution < 1.29 is 4.79 Å². The minimum atomic E-state index is -0.0490. The van der Waals surface area contributed by atoms with Gasteiger partial charge in [-0.25, -0.2) is 0 Å². The zero-order chi connectivity index (χ0) is 15.2. The molecule has 0 fully saturated rings. The fourth-order valence-electron chi connectivity index (χ4n) is 1.99. The van der Waals surface area contributed by atoms with Crippen LogP contribution in [-0.2, 0) is 4.79 Å². The van der Waals surface area contributed by atoms with Crippen LogP contribution in [0.1, 0.15) is 24.1 Å². The van der Waals surface area contributed by atoms with Gasteiger partial charge >= 0.3 is 0 Å². The van der Waals surface area contributed by atoms with E-state index in [-0.39, 0.29) is 18.5 Å². The monoisotopic (exact) mass is 346 g/mol. The van der Waals surface area contributed by atoms with Crippen LogP contribution in [0.4, 0.5) is 5.69 Å². The Bertz CT molecular complexity index is 610. The number of nitrogens with one attached hydrogen (secondary N) is 2. The second-order valence-electron chi connectivity index (χ2n) is 5.07. The number of amides is 1. The fourth-order valence-corrected chi connectivity index (χ4v) is 2.39. The fraction of sp³-hybridized carbons (Fsp3) is 0.235. The summed E-state index contributed by atoms with van der Waals surface area (Å²) < 4.78 is 0.946. The number of rotatable bonds is 5. The third-order valence-corrected chi connectivity index (χ3v) is 3.75. The summed E-state index contributed by atoms with van der Waals surface area (Å²) in [7, 11) is 0. The van der Waals surface area contributed by atoms with E-state index < -0.39 is 0 Å². The third kappa shape index (κ3) is 4.99. The smallest absolute Gasteiger partial charge is 0.238 e. The topological polar surface area (TPSA) is 41.1 Å². The first kappa shape index (κ1) is 15.7. The van der Waals surface area contributed by atoms with Crippen LogP contribution in [0.3, 0.4) is 0 Å². The van der Waals surface area contributed by atoms with Gasteiger partial charge < -0.3 is 10.6 Å². The molecule has 21 heavy (non-hydrogen) atoms. The quantitative estimate of drug-likeness (QED) is 0.857. The molecule has 2 aromatic carbocycles. The zero-order valence-corrected chi connectivity index (χ0v) is 13.8. The van der Waals surface area contributed by atoms with E-state index in [1.165, 1.54) is 11.1 Å². The average Bonchev–Trinajstić information content (AvgIpc) is 2.45. The molecule has 0 aliphatic heterocycles. The molecule has 3 nitrogen and oxygen atoms in total. The number of hydrogen-bond donors (Lipinski definition) is 2. The lowest BCUT2D eigenvalue weighted by molar-refractivity contribution is -0.115. The normalized spacial score (nSPS) is 12.0. The third-order valence-electron chi connectivity index (χ3n) is 3.25. The van der Waals surface area contributed by atoms with Crippen LogP contribution in [0.2, 0.25) is 0 Å². The molecule has 0 saturated carbocycles. The predicted octanol–water partition coefficient (Wildman–Crippen LogP) is 4.05. The van der Waals surface area contributed by atoms with Crippen molar-refractivity contribution in [1.82, 2.24) is 5.32 Å². The van der Waals surface area contributed by atoms with Gasteiger partial charge in [0.2, 0.25) is 5.91 Å². The number of aryl methyl sites for hydroxylation is 1. The van der Waals surface area contributed by atoms with Gasteiger partial charge in [-0.15, -0.1) is 0 Å². The van der Waals surface area contributed by atoms with Gasteiger partial charge in [0.1, 0.15) is 0 Å². The van der Waals surface area contributed by atoms with Gasteiger partial charge in [-0.2, -0.15) is 0 Å². The maximum atomic E-state index is 11.9. The van der Waals surface area contributed by atoms with Crippen molar-refractivity contribution in [3.63, 3.8) is 0 Å². The van der Waals surface area contributed by atoms with Crippen molar-refractivity contribution in [2.24, 2.45) is 0 Å². The lowest BCUT2D eigenvalue weighted by atomic mass is 10.1. The molecule has 4 heteroatoms. The Labute approximate surface area is 133 Å². The number of carbonyl (C=O) groups excluding carboxylic acids is 1. The van der Waals surface area contributed by atoms with E-state index in [9.17, 15) is 4.79 Å². The van der Waals surface area contributed by atoms with Gasteiger partial charge in [0, 0.05) is 16.2 Å². The molecule has 2 aromatic rings. The largest absolute Gasteiger partial charge is 0.325 e. The Morgan fingerprint density at radius 3 is 2.57 bits per heavy atom. The van der Waals surface area contributed by atoms with Crippen LogP contribution >= 0.6 is 15.9 Å². The molecule has 0 unspecified atom stereocenters. The second kappa shape index (κ2) is 7.38. The standard InChI is InChI=1S/C17H19BrN2O/c1-12-6-8-14(9-7-12)13(2)19-11-17(21)20-16-5-3-4-15(18)10-16/h3-10,13,19H,11H2,1-2H3,(H,20,21)/t13-/m0/s1. The molecule has 110 valence electrons. The summed E-state index contributed by atoms with van der Waals surface area (Å²) in [5.74, 6) is -0.0490. The predicted molar refractivity (Wildman–Crippen MR) is 90.4 cm³/mol. The molecular formula is C17H19BrN2O. The van der Waals surface area contributed by atoms with Crippen LogP contribution < -0.4 is 10.6 Å². The van der Waals surface area contributed by atoms with Gasteiger partial charge in [-0.1, -0.05) is 51.8 Å². The van der Waals surface area contributed by atoms with Gasteiger partial charge in [0.15, 0.2) is 0 Å². The average molecular weight is 347 g/mol. The van der Waals surface area contributed by atoms with Gasteiger partial charge in [0.25, 0.3) is 0 Å². The minimum Gasteiger partial charge on any atom is -0.325 e.